The highest BCUT2D eigenvalue weighted by Crippen LogP contribution is 2.23. The van der Waals surface area contributed by atoms with E-state index in [4.69, 9.17) is 0 Å². The van der Waals surface area contributed by atoms with Crippen molar-refractivity contribution >= 4 is 27.0 Å². The third-order valence-electron chi connectivity index (χ3n) is 5.73. The minimum absolute atomic E-state index is 0.0392. The molecule has 172 valence electrons. The van der Waals surface area contributed by atoms with Gasteiger partial charge in [-0.15, -0.1) is 0 Å². The van der Waals surface area contributed by atoms with E-state index in [0.717, 1.165) is 23.3 Å². The van der Waals surface area contributed by atoms with Crippen LogP contribution in [0.15, 0.2) is 47.4 Å². The number of nitrogens with one attached hydrogen (secondary N) is 1. The van der Waals surface area contributed by atoms with Crippen molar-refractivity contribution < 1.29 is 13.2 Å². The van der Waals surface area contributed by atoms with Crippen LogP contribution in [-0.2, 0) is 34.2 Å². The number of imidazole rings is 1. The Labute approximate surface area is 190 Å². The van der Waals surface area contributed by atoms with Crippen molar-refractivity contribution in [1.82, 2.24) is 19.2 Å². The van der Waals surface area contributed by atoms with Crippen LogP contribution in [0.2, 0.25) is 0 Å². The highest BCUT2D eigenvalue weighted by Gasteiger charge is 2.20. The number of benzene rings is 2. The van der Waals surface area contributed by atoms with Gasteiger partial charge in [0.05, 0.1) is 22.0 Å². The average Bonchev–Trinajstić information content (AvgIpc) is 3.14. The van der Waals surface area contributed by atoms with Crippen LogP contribution < -0.4 is 5.32 Å². The fourth-order valence-electron chi connectivity index (χ4n) is 3.74. The monoisotopic (exact) mass is 456 g/mol. The zero-order chi connectivity index (χ0) is 23.5. The van der Waals surface area contributed by atoms with E-state index in [0.29, 0.717) is 24.9 Å². The van der Waals surface area contributed by atoms with Crippen molar-refractivity contribution in [2.45, 2.75) is 57.5 Å². The molecule has 1 N–H and O–H groups in total. The van der Waals surface area contributed by atoms with Crippen LogP contribution in [0, 0.1) is 0 Å². The van der Waals surface area contributed by atoms with E-state index in [1.807, 2.05) is 18.4 Å². The van der Waals surface area contributed by atoms with Crippen LogP contribution in [0.3, 0.4) is 0 Å². The Hall–Kier alpha value is -2.71. The number of fused-ring (bicyclic) bond motifs is 1. The second-order valence-electron chi connectivity index (χ2n) is 8.09. The van der Waals surface area contributed by atoms with E-state index in [1.165, 1.54) is 24.0 Å². The van der Waals surface area contributed by atoms with Gasteiger partial charge in [0.1, 0.15) is 5.82 Å². The molecule has 1 aromatic heterocycles. The Morgan fingerprint density at radius 3 is 2.41 bits per heavy atom. The van der Waals surface area contributed by atoms with Gasteiger partial charge in [-0.25, -0.2) is 17.7 Å². The summed E-state index contributed by atoms with van der Waals surface area (Å²) in [6.45, 7) is 6.79. The molecule has 1 atom stereocenters. The normalized spacial score (nSPS) is 12.9. The van der Waals surface area contributed by atoms with Crippen molar-refractivity contribution in [3.63, 3.8) is 0 Å². The topological polar surface area (TPSA) is 84.3 Å². The van der Waals surface area contributed by atoms with Gasteiger partial charge in [-0.1, -0.05) is 31.2 Å². The third kappa shape index (κ3) is 5.02. The number of carbonyl (C=O) groups excluding carboxylic acids is 1. The summed E-state index contributed by atoms with van der Waals surface area (Å²) >= 11 is 0. The number of sulfonamides is 1. The summed E-state index contributed by atoms with van der Waals surface area (Å²) in [5, 5.41) is 3.06. The van der Waals surface area contributed by atoms with Crippen molar-refractivity contribution in [1.29, 1.82) is 0 Å². The van der Waals surface area contributed by atoms with Crippen LogP contribution in [-0.4, -0.2) is 42.3 Å². The highest BCUT2D eigenvalue weighted by molar-refractivity contribution is 7.89. The summed E-state index contributed by atoms with van der Waals surface area (Å²) < 4.78 is 28.1. The molecule has 0 radical (unpaired) electrons. The van der Waals surface area contributed by atoms with E-state index >= 15 is 0 Å². The lowest BCUT2D eigenvalue weighted by molar-refractivity contribution is -0.121. The van der Waals surface area contributed by atoms with E-state index in [9.17, 15) is 13.2 Å². The highest BCUT2D eigenvalue weighted by atomic mass is 32.2. The Kier molecular flexibility index (Phi) is 7.36. The zero-order valence-corrected chi connectivity index (χ0v) is 20.2. The molecule has 0 spiro atoms. The fraction of sp³-hybridized carbons (Fsp3) is 0.417. The number of rotatable bonds is 9. The summed E-state index contributed by atoms with van der Waals surface area (Å²) in [4.78, 5) is 17.4. The van der Waals surface area contributed by atoms with E-state index in [1.54, 1.807) is 18.2 Å². The third-order valence-corrected chi connectivity index (χ3v) is 7.55. The van der Waals surface area contributed by atoms with Gasteiger partial charge in [0, 0.05) is 33.5 Å². The molecule has 0 fully saturated rings. The summed E-state index contributed by atoms with van der Waals surface area (Å²) in [5.41, 5.74) is 3.83. The van der Waals surface area contributed by atoms with Gasteiger partial charge in [-0.3, -0.25) is 4.79 Å². The maximum Gasteiger partial charge on any atom is 0.242 e. The molecule has 3 aromatic rings. The number of hydrogen-bond acceptors (Lipinski definition) is 4. The Balaban J connectivity index is 1.72. The summed E-state index contributed by atoms with van der Waals surface area (Å²) in [6.07, 6.45) is 1.77. The Bertz CT molecular complexity index is 1200. The minimum atomic E-state index is -3.53. The smallest absolute Gasteiger partial charge is 0.242 e. The molecular weight excluding hydrogens is 424 g/mol. The number of hydrogen-bond donors (Lipinski definition) is 1. The first-order valence-electron chi connectivity index (χ1n) is 11.0. The van der Waals surface area contributed by atoms with Crippen LogP contribution in [0.1, 0.15) is 50.2 Å². The molecule has 1 unspecified atom stereocenters. The zero-order valence-electron chi connectivity index (χ0n) is 19.4. The molecule has 32 heavy (non-hydrogen) atoms. The van der Waals surface area contributed by atoms with Gasteiger partial charge in [0.15, 0.2) is 0 Å². The number of amides is 1. The molecule has 2 aromatic carbocycles. The van der Waals surface area contributed by atoms with Gasteiger partial charge >= 0.3 is 0 Å². The van der Waals surface area contributed by atoms with E-state index in [2.05, 4.69) is 41.5 Å². The lowest BCUT2D eigenvalue weighted by Crippen LogP contribution is -2.27. The first kappa shape index (κ1) is 23.9. The standard InChI is InChI=1S/C24H32N4O3S/c1-6-18-8-10-19(11-9-18)17(3)25-24(29)15-14-23-26-21-16-20(32(30,31)27(4)5)12-13-22(21)28(23)7-2/h8-13,16-17H,6-7,14-15H2,1-5H3,(H,25,29). The van der Waals surface area contributed by atoms with Gasteiger partial charge in [-0.05, 0) is 49.6 Å². The second-order valence-corrected chi connectivity index (χ2v) is 10.2. The molecule has 7 nitrogen and oxygen atoms in total. The van der Waals surface area contributed by atoms with Crippen molar-refractivity contribution in [3.8, 4) is 0 Å². The SMILES string of the molecule is CCc1ccc(C(C)NC(=O)CCc2nc3cc(S(=O)(=O)N(C)C)ccc3n2CC)cc1. The molecule has 0 saturated carbocycles. The van der Waals surface area contributed by atoms with Crippen molar-refractivity contribution in [2.24, 2.45) is 0 Å². The quantitative estimate of drug-likeness (QED) is 0.532. The molecule has 0 aliphatic carbocycles. The van der Waals surface area contributed by atoms with Gasteiger partial charge < -0.3 is 9.88 Å². The molecule has 0 bridgehead atoms. The first-order valence-corrected chi connectivity index (χ1v) is 12.4. The molecular formula is C24H32N4O3S. The number of nitrogens with zero attached hydrogens (tertiary/aromatic N) is 3. The number of carbonyl (C=O) groups is 1. The van der Waals surface area contributed by atoms with E-state index in [-0.39, 0.29) is 16.8 Å². The lowest BCUT2D eigenvalue weighted by atomic mass is 10.0. The van der Waals surface area contributed by atoms with Gasteiger partial charge in [0.25, 0.3) is 0 Å². The van der Waals surface area contributed by atoms with Crippen molar-refractivity contribution in [2.75, 3.05) is 14.1 Å². The summed E-state index contributed by atoms with van der Waals surface area (Å²) in [5.74, 6) is 0.736. The van der Waals surface area contributed by atoms with Crippen LogP contribution in [0.5, 0.6) is 0 Å². The predicted octanol–water partition coefficient (Wildman–Crippen LogP) is 3.68. The fourth-order valence-corrected chi connectivity index (χ4v) is 4.66. The average molecular weight is 457 g/mol. The predicted molar refractivity (Wildman–Crippen MR) is 127 cm³/mol. The molecule has 1 amide bonds. The lowest BCUT2D eigenvalue weighted by Gasteiger charge is -2.15. The molecule has 0 aliphatic heterocycles. The second kappa shape index (κ2) is 9.83. The maximum atomic E-state index is 12.6. The van der Waals surface area contributed by atoms with E-state index < -0.39 is 10.0 Å². The summed E-state index contributed by atoms with van der Waals surface area (Å²) in [7, 11) is -0.514. The van der Waals surface area contributed by atoms with Crippen LogP contribution in [0.25, 0.3) is 11.0 Å². The van der Waals surface area contributed by atoms with Crippen LogP contribution >= 0.6 is 0 Å². The molecule has 3 rings (SSSR count). The molecule has 0 saturated heterocycles. The Morgan fingerprint density at radius 1 is 1.12 bits per heavy atom. The van der Waals surface area contributed by atoms with Crippen molar-refractivity contribution in [3.05, 3.63) is 59.4 Å². The molecule has 8 heteroatoms. The molecule has 1 heterocycles. The number of aromatic nitrogens is 2. The minimum Gasteiger partial charge on any atom is -0.350 e. The van der Waals surface area contributed by atoms with Gasteiger partial charge in [0.2, 0.25) is 15.9 Å². The molecule has 0 aliphatic rings. The largest absolute Gasteiger partial charge is 0.350 e. The summed E-state index contributed by atoms with van der Waals surface area (Å²) in [6, 6.07) is 13.2. The maximum absolute atomic E-state index is 12.6. The first-order chi connectivity index (χ1) is 15.2. The van der Waals surface area contributed by atoms with Crippen LogP contribution in [0.4, 0.5) is 0 Å². The Morgan fingerprint density at radius 2 is 1.81 bits per heavy atom. The number of aryl methyl sites for hydroxylation is 3. The van der Waals surface area contributed by atoms with Gasteiger partial charge in [-0.2, -0.15) is 0 Å².